The van der Waals surface area contributed by atoms with Crippen LogP contribution in [0.1, 0.15) is 11.3 Å². The molecule has 0 spiro atoms. The van der Waals surface area contributed by atoms with E-state index in [0.29, 0.717) is 49.1 Å². The summed E-state index contributed by atoms with van der Waals surface area (Å²) >= 11 is 6.99. The van der Waals surface area contributed by atoms with Crippen molar-refractivity contribution in [2.24, 2.45) is 0 Å². The highest BCUT2D eigenvalue weighted by molar-refractivity contribution is 7.26. The molecule has 6 rings (SSSR count). The van der Waals surface area contributed by atoms with Gasteiger partial charge in [-0.15, -0.1) is 16.4 Å². The van der Waals surface area contributed by atoms with Crippen molar-refractivity contribution in [2.45, 2.75) is 19.8 Å². The van der Waals surface area contributed by atoms with Crippen molar-refractivity contribution in [2.75, 3.05) is 0 Å². The van der Waals surface area contributed by atoms with Gasteiger partial charge in [-0.25, -0.2) is 24.1 Å². The number of alkyl halides is 3. The molecule has 176 valence electrons. The summed E-state index contributed by atoms with van der Waals surface area (Å²) in [6, 6.07) is 9.76. The van der Waals surface area contributed by atoms with Crippen molar-refractivity contribution in [3.8, 4) is 17.3 Å². The summed E-state index contributed by atoms with van der Waals surface area (Å²) in [5, 5.41) is 10.1. The minimum Gasteiger partial charge on any atom is -0.471 e. The van der Waals surface area contributed by atoms with E-state index < -0.39 is 11.9 Å². The third-order valence-corrected chi connectivity index (χ3v) is 6.62. The van der Waals surface area contributed by atoms with Gasteiger partial charge in [0, 0.05) is 16.6 Å². The van der Waals surface area contributed by atoms with Crippen LogP contribution in [0.5, 0.6) is 5.75 Å². The summed E-state index contributed by atoms with van der Waals surface area (Å²) in [6.07, 6.45) is -1.32. The lowest BCUT2D eigenvalue weighted by Crippen LogP contribution is -2.07. The number of hydrogen-bond donors (Lipinski definition) is 0. The minimum atomic E-state index is -4.53. The van der Waals surface area contributed by atoms with Gasteiger partial charge in [0.1, 0.15) is 33.0 Å². The molecule has 35 heavy (non-hydrogen) atoms. The third kappa shape index (κ3) is 3.84. The molecule has 0 bridgehead atoms. The predicted molar refractivity (Wildman–Crippen MR) is 125 cm³/mol. The molecule has 0 unspecified atom stereocenters. The summed E-state index contributed by atoms with van der Waals surface area (Å²) in [5.74, 6) is 0.996. The molecule has 8 nitrogen and oxygen atoms in total. The Balaban J connectivity index is 1.36. The molecule has 0 saturated carbocycles. The van der Waals surface area contributed by atoms with E-state index in [1.54, 1.807) is 48.1 Å². The molecule has 6 aromatic rings. The highest BCUT2D eigenvalue weighted by Crippen LogP contribution is 2.38. The molecular weight excluding hydrogens is 503 g/mol. The standard InChI is InChI=1S/C22H13ClF3N7OS/c1-11-8-15(22(24,25)26)28-21-16(11)17-18(35-21)20-29-19(31-33(20)9-27-17)14-6-7-32(30-14)10-34-13-4-2-12(23)3-5-13/h2-9H,10H2,1H3. The summed E-state index contributed by atoms with van der Waals surface area (Å²) in [7, 11) is 0. The van der Waals surface area contributed by atoms with E-state index >= 15 is 0 Å². The molecule has 0 N–H and O–H groups in total. The fraction of sp³-hybridized carbons (Fsp3) is 0.136. The van der Waals surface area contributed by atoms with Gasteiger partial charge in [-0.3, -0.25) is 0 Å². The first-order valence-electron chi connectivity index (χ1n) is 10.2. The number of halogens is 4. The third-order valence-electron chi connectivity index (χ3n) is 5.30. The van der Waals surface area contributed by atoms with Crippen molar-refractivity contribution < 1.29 is 17.9 Å². The highest BCUT2D eigenvalue weighted by atomic mass is 35.5. The molecule has 0 atom stereocenters. The van der Waals surface area contributed by atoms with E-state index in [0.717, 1.165) is 17.4 Å². The van der Waals surface area contributed by atoms with Crippen LogP contribution in [0.15, 0.2) is 48.9 Å². The topological polar surface area (TPSA) is 83.0 Å². The van der Waals surface area contributed by atoms with Crippen LogP contribution in [0.2, 0.25) is 5.02 Å². The zero-order valence-corrected chi connectivity index (χ0v) is 19.4. The van der Waals surface area contributed by atoms with Gasteiger partial charge in [0.25, 0.3) is 0 Å². The second-order valence-electron chi connectivity index (χ2n) is 7.70. The predicted octanol–water partition coefficient (Wildman–Crippen LogP) is 5.77. The Kier molecular flexibility index (Phi) is 4.90. The van der Waals surface area contributed by atoms with Crippen LogP contribution in [0, 0.1) is 6.92 Å². The molecule has 13 heteroatoms. The summed E-state index contributed by atoms with van der Waals surface area (Å²) in [4.78, 5) is 13.1. The van der Waals surface area contributed by atoms with Crippen LogP contribution in [0.25, 0.3) is 37.6 Å². The van der Waals surface area contributed by atoms with Crippen molar-refractivity contribution >= 4 is 49.0 Å². The number of aromatic nitrogens is 7. The SMILES string of the molecule is Cc1cc(C(F)(F)F)nc2sc3c(ncn4nc(-c5ccn(COc6ccc(Cl)cc6)n5)nc34)c12. The first-order chi connectivity index (χ1) is 16.8. The molecule has 0 amide bonds. The molecule has 1 aromatic carbocycles. The van der Waals surface area contributed by atoms with Gasteiger partial charge >= 0.3 is 6.18 Å². The van der Waals surface area contributed by atoms with Crippen LogP contribution in [-0.2, 0) is 12.9 Å². The van der Waals surface area contributed by atoms with E-state index in [-0.39, 0.29) is 11.6 Å². The highest BCUT2D eigenvalue weighted by Gasteiger charge is 2.33. The summed E-state index contributed by atoms with van der Waals surface area (Å²) in [6.45, 7) is 1.79. The number of benzene rings is 1. The Morgan fingerprint density at radius 1 is 1.09 bits per heavy atom. The molecule has 0 aliphatic heterocycles. The number of aryl methyl sites for hydroxylation is 1. The van der Waals surface area contributed by atoms with Crippen molar-refractivity contribution in [1.82, 2.24) is 34.3 Å². The first kappa shape index (κ1) is 21.7. The van der Waals surface area contributed by atoms with Gasteiger partial charge in [0.05, 0.1) is 5.52 Å². The number of hydrogen-bond acceptors (Lipinski definition) is 7. The number of thiophene rings is 1. The molecule has 5 heterocycles. The Morgan fingerprint density at radius 2 is 1.89 bits per heavy atom. The number of rotatable bonds is 4. The van der Waals surface area contributed by atoms with E-state index in [9.17, 15) is 13.2 Å². The van der Waals surface area contributed by atoms with Crippen LogP contribution in [0.4, 0.5) is 13.2 Å². The Hall–Kier alpha value is -3.77. The van der Waals surface area contributed by atoms with Crippen molar-refractivity contribution in [3.05, 3.63) is 65.2 Å². The van der Waals surface area contributed by atoms with Crippen LogP contribution >= 0.6 is 22.9 Å². The van der Waals surface area contributed by atoms with Gasteiger partial charge in [-0.05, 0) is 48.9 Å². The number of ether oxygens (including phenoxy) is 1. The fourth-order valence-electron chi connectivity index (χ4n) is 3.69. The van der Waals surface area contributed by atoms with Crippen LogP contribution in [0.3, 0.4) is 0 Å². The quantitative estimate of drug-likeness (QED) is 0.296. The molecule has 5 aromatic heterocycles. The van der Waals surface area contributed by atoms with E-state index in [1.165, 1.54) is 10.8 Å². The van der Waals surface area contributed by atoms with Crippen molar-refractivity contribution in [3.63, 3.8) is 0 Å². The minimum absolute atomic E-state index is 0.170. The fourth-order valence-corrected chi connectivity index (χ4v) is 4.99. The van der Waals surface area contributed by atoms with Gasteiger partial charge in [0.2, 0.25) is 5.82 Å². The maximum atomic E-state index is 13.2. The molecule has 0 radical (unpaired) electrons. The smallest absolute Gasteiger partial charge is 0.433 e. The number of fused-ring (bicyclic) bond motifs is 5. The van der Waals surface area contributed by atoms with Gasteiger partial charge in [0.15, 0.2) is 12.4 Å². The average molecular weight is 516 g/mol. The molecular formula is C22H13ClF3N7OS. The van der Waals surface area contributed by atoms with E-state index in [1.807, 2.05) is 0 Å². The monoisotopic (exact) mass is 515 g/mol. The van der Waals surface area contributed by atoms with Crippen LogP contribution < -0.4 is 4.74 Å². The second kappa shape index (κ2) is 7.89. The molecule has 0 fully saturated rings. The van der Waals surface area contributed by atoms with E-state index in [2.05, 4.69) is 25.1 Å². The summed E-state index contributed by atoms with van der Waals surface area (Å²) in [5.41, 5.74) is 1.03. The second-order valence-corrected chi connectivity index (χ2v) is 9.13. The van der Waals surface area contributed by atoms with Gasteiger partial charge < -0.3 is 4.74 Å². The lowest BCUT2D eigenvalue weighted by atomic mass is 10.1. The van der Waals surface area contributed by atoms with Crippen molar-refractivity contribution in [1.29, 1.82) is 0 Å². The number of nitrogens with zero attached hydrogens (tertiary/aromatic N) is 7. The van der Waals surface area contributed by atoms with Gasteiger partial charge in [-0.2, -0.15) is 18.3 Å². The normalized spacial score (nSPS) is 12.3. The molecule has 0 aliphatic carbocycles. The zero-order valence-electron chi connectivity index (χ0n) is 17.8. The maximum Gasteiger partial charge on any atom is 0.433 e. The molecule has 0 saturated heterocycles. The largest absolute Gasteiger partial charge is 0.471 e. The first-order valence-corrected chi connectivity index (χ1v) is 11.4. The Labute approximate surface area is 203 Å². The Morgan fingerprint density at radius 3 is 2.66 bits per heavy atom. The van der Waals surface area contributed by atoms with Gasteiger partial charge in [-0.1, -0.05) is 11.6 Å². The Bertz CT molecular complexity index is 1720. The van der Waals surface area contributed by atoms with Crippen LogP contribution in [-0.4, -0.2) is 34.3 Å². The average Bonchev–Trinajstić information content (AvgIpc) is 3.53. The van der Waals surface area contributed by atoms with E-state index in [4.69, 9.17) is 16.3 Å². The zero-order chi connectivity index (χ0) is 24.3. The summed E-state index contributed by atoms with van der Waals surface area (Å²) < 4.78 is 49.1. The lowest BCUT2D eigenvalue weighted by Gasteiger charge is -2.06. The number of pyridine rings is 1. The molecule has 0 aliphatic rings. The lowest BCUT2D eigenvalue weighted by molar-refractivity contribution is -0.141. The maximum absolute atomic E-state index is 13.2.